The zero-order chi connectivity index (χ0) is 20.1. The Morgan fingerprint density at radius 2 is 1.39 bits per heavy atom. The Kier molecular flexibility index (Phi) is 5.75. The monoisotopic (exact) mass is 375 g/mol. The number of carbonyl (C=O) groups excluding carboxylic acids is 2. The molecule has 28 heavy (non-hydrogen) atoms. The van der Waals surface area contributed by atoms with Crippen LogP contribution in [0.1, 0.15) is 31.8 Å². The summed E-state index contributed by atoms with van der Waals surface area (Å²) in [4.78, 5) is 24.6. The highest BCUT2D eigenvalue weighted by atomic mass is 16.5. The maximum absolute atomic E-state index is 12.4. The molecule has 0 bridgehead atoms. The molecule has 1 N–H and O–H groups in total. The molecule has 0 aliphatic heterocycles. The fraction of sp³-hybridized carbons (Fsp3) is 0.130. The van der Waals surface area contributed by atoms with Gasteiger partial charge in [0.2, 0.25) is 0 Å². The molecule has 0 atom stereocenters. The lowest BCUT2D eigenvalue weighted by molar-refractivity contribution is 0.0734. The van der Waals surface area contributed by atoms with Crippen molar-refractivity contribution in [3.05, 3.63) is 89.0 Å². The van der Waals surface area contributed by atoms with E-state index in [4.69, 9.17) is 9.47 Å². The predicted molar refractivity (Wildman–Crippen MR) is 108 cm³/mol. The van der Waals surface area contributed by atoms with Gasteiger partial charge in [0.1, 0.15) is 11.5 Å². The van der Waals surface area contributed by atoms with E-state index in [2.05, 4.69) is 5.32 Å². The second kappa shape index (κ2) is 8.39. The molecule has 3 rings (SSSR count). The summed E-state index contributed by atoms with van der Waals surface area (Å²) in [5.41, 5.74) is 3.80. The van der Waals surface area contributed by atoms with Crippen LogP contribution < -0.4 is 14.8 Å². The summed E-state index contributed by atoms with van der Waals surface area (Å²) in [5.74, 6) is 0.328. The molecule has 0 aromatic heterocycles. The van der Waals surface area contributed by atoms with E-state index in [1.165, 1.54) is 0 Å². The van der Waals surface area contributed by atoms with Crippen molar-refractivity contribution in [3.8, 4) is 11.5 Å². The van der Waals surface area contributed by atoms with E-state index in [-0.39, 0.29) is 5.91 Å². The van der Waals surface area contributed by atoms with E-state index in [0.717, 1.165) is 16.8 Å². The number of esters is 1. The summed E-state index contributed by atoms with van der Waals surface area (Å²) < 4.78 is 10.4. The molecule has 3 aromatic carbocycles. The lowest BCUT2D eigenvalue weighted by Crippen LogP contribution is -2.13. The van der Waals surface area contributed by atoms with Gasteiger partial charge in [-0.3, -0.25) is 4.79 Å². The zero-order valence-corrected chi connectivity index (χ0v) is 16.0. The minimum Gasteiger partial charge on any atom is -0.497 e. The van der Waals surface area contributed by atoms with Crippen molar-refractivity contribution in [2.24, 2.45) is 0 Å². The number of amides is 1. The standard InChI is InChI=1S/C23H21NO4/c1-15-4-13-21(16(2)14-15)24-22(25)17-5-11-20(12-6-17)28-23(26)18-7-9-19(27-3)10-8-18/h4-14H,1-3H3,(H,24,25). The summed E-state index contributed by atoms with van der Waals surface area (Å²) in [7, 11) is 1.56. The van der Waals surface area contributed by atoms with Gasteiger partial charge in [0.05, 0.1) is 12.7 Å². The van der Waals surface area contributed by atoms with Crippen LogP contribution in [0, 0.1) is 13.8 Å². The Morgan fingerprint density at radius 3 is 2.00 bits per heavy atom. The fourth-order valence-corrected chi connectivity index (χ4v) is 2.72. The van der Waals surface area contributed by atoms with Gasteiger partial charge < -0.3 is 14.8 Å². The van der Waals surface area contributed by atoms with Crippen LogP contribution >= 0.6 is 0 Å². The summed E-state index contributed by atoms with van der Waals surface area (Å²) in [5, 5.41) is 2.89. The Morgan fingerprint density at radius 1 is 0.786 bits per heavy atom. The van der Waals surface area contributed by atoms with Crippen LogP contribution in [0.25, 0.3) is 0 Å². The molecule has 142 valence electrons. The van der Waals surface area contributed by atoms with Gasteiger partial charge in [-0.05, 0) is 74.0 Å². The van der Waals surface area contributed by atoms with Gasteiger partial charge in [0, 0.05) is 11.3 Å². The van der Waals surface area contributed by atoms with Crippen molar-refractivity contribution >= 4 is 17.6 Å². The number of benzene rings is 3. The predicted octanol–water partition coefficient (Wildman–Crippen LogP) is 4.78. The van der Waals surface area contributed by atoms with Crippen molar-refractivity contribution in [2.75, 3.05) is 12.4 Å². The average Bonchev–Trinajstić information content (AvgIpc) is 2.70. The van der Waals surface area contributed by atoms with Crippen LogP contribution in [-0.2, 0) is 0 Å². The number of aryl methyl sites for hydroxylation is 2. The number of rotatable bonds is 5. The van der Waals surface area contributed by atoms with E-state index < -0.39 is 5.97 Å². The first kappa shape index (κ1) is 19.2. The Hall–Kier alpha value is -3.60. The molecule has 5 nitrogen and oxygen atoms in total. The Labute approximate surface area is 163 Å². The van der Waals surface area contributed by atoms with Crippen LogP contribution in [0.15, 0.2) is 66.7 Å². The molecule has 5 heteroatoms. The Balaban J connectivity index is 1.65. The second-order valence-electron chi connectivity index (χ2n) is 6.41. The number of hydrogen-bond donors (Lipinski definition) is 1. The van der Waals surface area contributed by atoms with E-state index in [1.807, 2.05) is 32.0 Å². The van der Waals surface area contributed by atoms with Gasteiger partial charge in [-0.25, -0.2) is 4.79 Å². The van der Waals surface area contributed by atoms with Gasteiger partial charge in [0.15, 0.2) is 0 Å². The second-order valence-corrected chi connectivity index (χ2v) is 6.41. The lowest BCUT2D eigenvalue weighted by atomic mass is 10.1. The third kappa shape index (κ3) is 4.57. The van der Waals surface area contributed by atoms with Crippen LogP contribution in [0.5, 0.6) is 11.5 Å². The number of nitrogens with one attached hydrogen (secondary N) is 1. The molecule has 0 spiro atoms. The van der Waals surface area contributed by atoms with E-state index in [1.54, 1.807) is 55.6 Å². The van der Waals surface area contributed by atoms with Crippen LogP contribution in [0.4, 0.5) is 5.69 Å². The van der Waals surface area contributed by atoms with Crippen LogP contribution in [0.2, 0.25) is 0 Å². The first-order chi connectivity index (χ1) is 13.5. The van der Waals surface area contributed by atoms with Gasteiger partial charge in [-0.15, -0.1) is 0 Å². The minimum atomic E-state index is -0.477. The Bertz CT molecular complexity index is 992. The molecule has 3 aromatic rings. The maximum atomic E-state index is 12.4. The fourth-order valence-electron chi connectivity index (χ4n) is 2.72. The first-order valence-electron chi connectivity index (χ1n) is 8.81. The maximum Gasteiger partial charge on any atom is 0.343 e. The third-order valence-electron chi connectivity index (χ3n) is 4.28. The van der Waals surface area contributed by atoms with Crippen molar-refractivity contribution in [2.45, 2.75) is 13.8 Å². The van der Waals surface area contributed by atoms with Gasteiger partial charge in [0.25, 0.3) is 5.91 Å². The molecule has 0 unspecified atom stereocenters. The SMILES string of the molecule is COc1ccc(C(=O)Oc2ccc(C(=O)Nc3ccc(C)cc3C)cc2)cc1. The van der Waals surface area contributed by atoms with E-state index >= 15 is 0 Å². The van der Waals surface area contributed by atoms with Gasteiger partial charge in [-0.2, -0.15) is 0 Å². The van der Waals surface area contributed by atoms with Gasteiger partial charge >= 0.3 is 5.97 Å². The number of methoxy groups -OCH3 is 1. The molecule has 0 aliphatic carbocycles. The number of ether oxygens (including phenoxy) is 2. The largest absolute Gasteiger partial charge is 0.497 e. The summed E-state index contributed by atoms with van der Waals surface area (Å²) in [6, 6.07) is 18.9. The number of anilines is 1. The summed E-state index contributed by atoms with van der Waals surface area (Å²) >= 11 is 0. The quantitative estimate of drug-likeness (QED) is 0.515. The number of hydrogen-bond acceptors (Lipinski definition) is 4. The third-order valence-corrected chi connectivity index (χ3v) is 4.28. The average molecular weight is 375 g/mol. The topological polar surface area (TPSA) is 64.6 Å². The molecule has 0 aliphatic rings. The molecule has 0 heterocycles. The minimum absolute atomic E-state index is 0.222. The van der Waals surface area contributed by atoms with Crippen molar-refractivity contribution < 1.29 is 19.1 Å². The highest BCUT2D eigenvalue weighted by molar-refractivity contribution is 6.04. The highest BCUT2D eigenvalue weighted by Gasteiger charge is 2.11. The highest BCUT2D eigenvalue weighted by Crippen LogP contribution is 2.19. The molecule has 0 saturated heterocycles. The number of carbonyl (C=O) groups is 2. The first-order valence-corrected chi connectivity index (χ1v) is 8.81. The molecule has 1 amide bonds. The molecular weight excluding hydrogens is 354 g/mol. The lowest BCUT2D eigenvalue weighted by Gasteiger charge is -2.10. The molecule has 0 fully saturated rings. The summed E-state index contributed by atoms with van der Waals surface area (Å²) in [6.07, 6.45) is 0. The van der Waals surface area contributed by atoms with E-state index in [9.17, 15) is 9.59 Å². The summed E-state index contributed by atoms with van der Waals surface area (Å²) in [6.45, 7) is 3.95. The van der Waals surface area contributed by atoms with Crippen molar-refractivity contribution in [3.63, 3.8) is 0 Å². The molecule has 0 radical (unpaired) electrons. The smallest absolute Gasteiger partial charge is 0.343 e. The van der Waals surface area contributed by atoms with Crippen LogP contribution in [0.3, 0.4) is 0 Å². The van der Waals surface area contributed by atoms with Crippen molar-refractivity contribution in [1.29, 1.82) is 0 Å². The van der Waals surface area contributed by atoms with Crippen LogP contribution in [-0.4, -0.2) is 19.0 Å². The van der Waals surface area contributed by atoms with E-state index in [0.29, 0.717) is 22.6 Å². The normalized spacial score (nSPS) is 10.2. The zero-order valence-electron chi connectivity index (χ0n) is 16.0. The molecular formula is C23H21NO4. The molecule has 0 saturated carbocycles. The van der Waals surface area contributed by atoms with Gasteiger partial charge in [-0.1, -0.05) is 17.7 Å². The van der Waals surface area contributed by atoms with Crippen molar-refractivity contribution in [1.82, 2.24) is 0 Å².